The van der Waals surface area contributed by atoms with Crippen LogP contribution in [0.1, 0.15) is 85.1 Å². The van der Waals surface area contributed by atoms with E-state index >= 15 is 0 Å². The van der Waals surface area contributed by atoms with Gasteiger partial charge in [0.1, 0.15) is 17.5 Å². The monoisotopic (exact) mass is 693 g/mol. The molecule has 13 heteroatoms. The Labute approximate surface area is 292 Å². The number of nitrogens with one attached hydrogen (secondary N) is 1. The highest BCUT2D eigenvalue weighted by Gasteiger charge is 2.34. The maximum atomic E-state index is 14.9. The summed E-state index contributed by atoms with van der Waals surface area (Å²) in [5, 5.41) is 3.15. The van der Waals surface area contributed by atoms with E-state index in [2.05, 4.69) is 5.32 Å². The first-order chi connectivity index (χ1) is 24.0. The Hall–Kier alpha value is -4.39. The van der Waals surface area contributed by atoms with Crippen LogP contribution in [0.4, 0.5) is 14.0 Å². The number of hydrogen-bond acceptors (Lipinski definition) is 8. The second kappa shape index (κ2) is 15.2. The van der Waals surface area contributed by atoms with Crippen LogP contribution in [0.3, 0.4) is 0 Å². The molecule has 3 heterocycles. The van der Waals surface area contributed by atoms with Gasteiger partial charge in [0.2, 0.25) is 0 Å². The van der Waals surface area contributed by atoms with Crippen molar-refractivity contribution < 1.29 is 37.8 Å². The van der Waals surface area contributed by atoms with Crippen LogP contribution in [0.2, 0.25) is 0 Å². The maximum absolute atomic E-state index is 14.9. The zero-order chi connectivity index (χ0) is 35.4. The fourth-order valence-corrected chi connectivity index (χ4v) is 7.09. The lowest BCUT2D eigenvalue weighted by atomic mass is 9.94. The van der Waals surface area contributed by atoms with Gasteiger partial charge in [0.05, 0.1) is 12.1 Å². The predicted molar refractivity (Wildman–Crippen MR) is 183 cm³/mol. The predicted octanol–water partition coefficient (Wildman–Crippen LogP) is 4.87. The minimum absolute atomic E-state index is 0.0264. The Morgan fingerprint density at radius 3 is 2.14 bits per heavy atom. The zero-order valence-corrected chi connectivity index (χ0v) is 29.2. The number of piperazine rings is 2. The summed E-state index contributed by atoms with van der Waals surface area (Å²) in [6.07, 6.45) is 3.79. The van der Waals surface area contributed by atoms with Gasteiger partial charge in [-0.1, -0.05) is 18.9 Å². The first kappa shape index (κ1) is 35.4. The molecule has 1 atom stereocenters. The van der Waals surface area contributed by atoms with Gasteiger partial charge in [0, 0.05) is 70.9 Å². The molecule has 3 saturated heterocycles. The largest absolute Gasteiger partial charge is 0.488 e. The van der Waals surface area contributed by atoms with E-state index in [9.17, 15) is 23.6 Å². The van der Waals surface area contributed by atoms with Crippen LogP contribution in [0, 0.1) is 5.82 Å². The number of carbonyl (C=O) groups is 4. The van der Waals surface area contributed by atoms with E-state index in [4.69, 9.17) is 14.2 Å². The number of hydrogen-bond donors (Lipinski definition) is 1. The standard InChI is InChI=1S/C37H48FN5O7/c1-37(2,3)50-36(47)43-16-13-27(24-43)48-31-12-11-26(23-29(31)25-7-4-5-8-25)33(44)40-19-21-41(22-20-40)34(45)28-9-6-10-30(38)32(28)49-35(46)42-17-14-39-15-18-42/h6,9-12,23,25,27,39H,4-5,7-8,13-22,24H2,1-3H3/t27-/m0/s1. The summed E-state index contributed by atoms with van der Waals surface area (Å²) in [5.41, 5.74) is 0.990. The molecule has 0 bridgehead atoms. The Morgan fingerprint density at radius 1 is 0.780 bits per heavy atom. The minimum atomic E-state index is -0.785. The fraction of sp³-hybridized carbons (Fsp3) is 0.568. The van der Waals surface area contributed by atoms with Crippen molar-refractivity contribution in [3.05, 3.63) is 58.9 Å². The van der Waals surface area contributed by atoms with Crippen molar-refractivity contribution in [1.29, 1.82) is 0 Å². The molecular formula is C37H48FN5O7. The molecule has 4 aliphatic rings. The molecule has 0 spiro atoms. The second-order valence-corrected chi connectivity index (χ2v) is 14.5. The highest BCUT2D eigenvalue weighted by Crippen LogP contribution is 2.40. The van der Waals surface area contributed by atoms with Gasteiger partial charge in [-0.25, -0.2) is 14.0 Å². The molecule has 1 N–H and O–H groups in total. The number of amides is 4. The van der Waals surface area contributed by atoms with Gasteiger partial charge >= 0.3 is 12.2 Å². The number of nitrogens with zero attached hydrogens (tertiary/aromatic N) is 4. The average molecular weight is 694 g/mol. The average Bonchev–Trinajstić information content (AvgIpc) is 3.82. The first-order valence-electron chi connectivity index (χ1n) is 17.8. The molecular weight excluding hydrogens is 645 g/mol. The fourth-order valence-electron chi connectivity index (χ4n) is 7.09. The number of halogens is 1. The highest BCUT2D eigenvalue weighted by atomic mass is 19.1. The van der Waals surface area contributed by atoms with E-state index in [1.807, 2.05) is 32.9 Å². The van der Waals surface area contributed by atoms with Crippen LogP contribution < -0.4 is 14.8 Å². The minimum Gasteiger partial charge on any atom is -0.488 e. The third-order valence-electron chi connectivity index (χ3n) is 9.76. The van der Waals surface area contributed by atoms with Gasteiger partial charge < -0.3 is 39.1 Å². The summed E-state index contributed by atoms with van der Waals surface area (Å²) >= 11 is 0. The summed E-state index contributed by atoms with van der Waals surface area (Å²) in [5.74, 6) is -0.707. The number of likely N-dealkylation sites (tertiary alicyclic amines) is 1. The van der Waals surface area contributed by atoms with E-state index in [-0.39, 0.29) is 48.4 Å². The van der Waals surface area contributed by atoms with Gasteiger partial charge in [-0.2, -0.15) is 0 Å². The summed E-state index contributed by atoms with van der Waals surface area (Å²) < 4.78 is 32.3. The van der Waals surface area contributed by atoms with Crippen molar-refractivity contribution >= 4 is 24.0 Å². The molecule has 6 rings (SSSR count). The van der Waals surface area contributed by atoms with Crippen molar-refractivity contribution in [2.75, 3.05) is 65.4 Å². The Morgan fingerprint density at radius 2 is 1.46 bits per heavy atom. The number of benzene rings is 2. The smallest absolute Gasteiger partial charge is 0.415 e. The molecule has 1 aliphatic carbocycles. The van der Waals surface area contributed by atoms with Crippen molar-refractivity contribution in [3.8, 4) is 11.5 Å². The Balaban J connectivity index is 1.09. The van der Waals surface area contributed by atoms with Crippen LogP contribution in [-0.2, 0) is 4.74 Å². The number of carbonyl (C=O) groups excluding carboxylic acids is 4. The summed E-state index contributed by atoms with van der Waals surface area (Å²) in [4.78, 5) is 59.1. The van der Waals surface area contributed by atoms with Crippen molar-refractivity contribution in [2.24, 2.45) is 0 Å². The molecule has 0 unspecified atom stereocenters. The van der Waals surface area contributed by atoms with E-state index < -0.39 is 23.4 Å². The lowest BCUT2D eigenvalue weighted by Crippen LogP contribution is -2.50. The summed E-state index contributed by atoms with van der Waals surface area (Å²) in [6, 6.07) is 9.67. The zero-order valence-electron chi connectivity index (χ0n) is 29.2. The van der Waals surface area contributed by atoms with Gasteiger partial charge in [0.25, 0.3) is 11.8 Å². The van der Waals surface area contributed by atoms with Crippen LogP contribution in [-0.4, -0.2) is 121 Å². The number of ether oxygens (including phenoxy) is 3. The first-order valence-corrected chi connectivity index (χ1v) is 17.8. The van der Waals surface area contributed by atoms with Gasteiger partial charge in [0.15, 0.2) is 11.6 Å². The number of rotatable bonds is 6. The van der Waals surface area contributed by atoms with Crippen molar-refractivity contribution in [1.82, 2.24) is 24.9 Å². The third kappa shape index (κ3) is 8.31. The third-order valence-corrected chi connectivity index (χ3v) is 9.76. The summed E-state index contributed by atoms with van der Waals surface area (Å²) in [7, 11) is 0. The van der Waals surface area contributed by atoms with E-state index in [1.54, 1.807) is 20.8 Å². The van der Waals surface area contributed by atoms with Crippen molar-refractivity contribution in [2.45, 2.75) is 70.5 Å². The van der Waals surface area contributed by atoms with E-state index in [0.717, 1.165) is 43.1 Å². The molecule has 2 aromatic rings. The lowest BCUT2D eigenvalue weighted by molar-refractivity contribution is 0.0275. The van der Waals surface area contributed by atoms with Crippen LogP contribution in [0.25, 0.3) is 0 Å². The van der Waals surface area contributed by atoms with Gasteiger partial charge in [-0.05, 0) is 75.4 Å². The van der Waals surface area contributed by atoms with Crippen LogP contribution in [0.15, 0.2) is 36.4 Å². The lowest BCUT2D eigenvalue weighted by Gasteiger charge is -2.35. The molecule has 12 nitrogen and oxygen atoms in total. The highest BCUT2D eigenvalue weighted by molar-refractivity contribution is 5.98. The Kier molecular flexibility index (Phi) is 10.8. The second-order valence-electron chi connectivity index (χ2n) is 14.5. The van der Waals surface area contributed by atoms with Crippen molar-refractivity contribution in [3.63, 3.8) is 0 Å². The maximum Gasteiger partial charge on any atom is 0.415 e. The normalized spacial score (nSPS) is 20.2. The van der Waals surface area contributed by atoms with E-state index in [1.165, 1.54) is 17.0 Å². The van der Waals surface area contributed by atoms with Gasteiger partial charge in [-0.3, -0.25) is 9.59 Å². The molecule has 2 aromatic carbocycles. The van der Waals surface area contributed by atoms with Gasteiger partial charge in [-0.15, -0.1) is 0 Å². The number of para-hydroxylation sites is 1. The quantitative estimate of drug-likeness (QED) is 0.455. The SMILES string of the molecule is CC(C)(C)OC(=O)N1CC[C@H](Oc2ccc(C(=O)N3CCN(C(=O)c4cccc(F)c4OC(=O)N4CCNCC4)CC3)cc2C2CCCC2)C1. The molecule has 1 saturated carbocycles. The summed E-state index contributed by atoms with van der Waals surface area (Å²) in [6.45, 7) is 9.73. The van der Waals surface area contributed by atoms with Crippen LogP contribution >= 0.6 is 0 Å². The molecule has 270 valence electrons. The molecule has 50 heavy (non-hydrogen) atoms. The topological polar surface area (TPSA) is 121 Å². The molecule has 0 aromatic heterocycles. The van der Waals surface area contributed by atoms with E-state index in [0.29, 0.717) is 64.3 Å². The molecule has 0 radical (unpaired) electrons. The van der Waals surface area contributed by atoms with Crippen LogP contribution in [0.5, 0.6) is 11.5 Å². The molecule has 3 aliphatic heterocycles. The molecule has 4 fully saturated rings. The Bertz CT molecular complexity index is 1580. The molecule has 4 amide bonds.